The summed E-state index contributed by atoms with van der Waals surface area (Å²) < 4.78 is 12.6. The minimum atomic E-state index is -0.532. The van der Waals surface area contributed by atoms with Crippen molar-refractivity contribution in [1.82, 2.24) is 14.7 Å². The van der Waals surface area contributed by atoms with Gasteiger partial charge >= 0.3 is 0 Å². The molecular formula is C24H28N4O5. The lowest BCUT2D eigenvalue weighted by Crippen LogP contribution is -2.47. The van der Waals surface area contributed by atoms with Crippen LogP contribution in [-0.2, 0) is 27.2 Å². The molecule has 3 aliphatic rings. The number of anilines is 1. The number of benzene rings is 1. The first-order chi connectivity index (χ1) is 16.0. The molecule has 0 radical (unpaired) electrons. The summed E-state index contributed by atoms with van der Waals surface area (Å²) in [5.41, 5.74) is 1.86. The van der Waals surface area contributed by atoms with Crippen molar-refractivity contribution in [1.29, 1.82) is 0 Å². The monoisotopic (exact) mass is 452 g/mol. The molecule has 33 heavy (non-hydrogen) atoms. The summed E-state index contributed by atoms with van der Waals surface area (Å²) >= 11 is 0. The van der Waals surface area contributed by atoms with E-state index in [-0.39, 0.29) is 42.1 Å². The van der Waals surface area contributed by atoms with Crippen LogP contribution in [0.3, 0.4) is 0 Å². The van der Waals surface area contributed by atoms with Crippen molar-refractivity contribution in [2.24, 2.45) is 0 Å². The van der Waals surface area contributed by atoms with Crippen LogP contribution >= 0.6 is 0 Å². The lowest BCUT2D eigenvalue weighted by atomic mass is 10.0. The minimum absolute atomic E-state index is 0.00822. The van der Waals surface area contributed by atoms with E-state index in [1.54, 1.807) is 9.80 Å². The van der Waals surface area contributed by atoms with Gasteiger partial charge in [-0.15, -0.1) is 0 Å². The summed E-state index contributed by atoms with van der Waals surface area (Å²) in [7, 11) is 0. The Kier molecular flexibility index (Phi) is 5.76. The lowest BCUT2D eigenvalue weighted by molar-refractivity contribution is -0.187. The Hall–Kier alpha value is -3.04. The topological polar surface area (TPSA) is 94.0 Å². The minimum Gasteiger partial charge on any atom is -0.347 e. The number of rotatable bonds is 4. The number of carbonyl (C=O) groups is 2. The summed E-state index contributed by atoms with van der Waals surface area (Å²) in [6.45, 7) is 4.44. The number of hydrogen-bond donors (Lipinski definition) is 0. The fourth-order valence-corrected chi connectivity index (χ4v) is 4.96. The van der Waals surface area contributed by atoms with Gasteiger partial charge in [-0.1, -0.05) is 18.2 Å². The number of fused-ring (bicyclic) bond motifs is 1. The predicted octanol–water partition coefficient (Wildman–Crippen LogP) is 1.59. The molecule has 1 spiro atoms. The van der Waals surface area contributed by atoms with E-state index < -0.39 is 5.79 Å². The van der Waals surface area contributed by atoms with Gasteiger partial charge in [-0.05, 0) is 31.0 Å². The fourth-order valence-electron chi connectivity index (χ4n) is 4.96. The first-order valence-electron chi connectivity index (χ1n) is 11.5. The van der Waals surface area contributed by atoms with Crippen LogP contribution in [0.15, 0.2) is 41.2 Å². The normalized spacial score (nSPS) is 21.4. The van der Waals surface area contributed by atoms with E-state index in [0.29, 0.717) is 39.1 Å². The van der Waals surface area contributed by atoms with E-state index in [9.17, 15) is 14.4 Å². The molecule has 1 atom stereocenters. The number of carbonyl (C=O) groups excluding carboxylic acids is 2. The number of likely N-dealkylation sites (tertiary alicyclic amines) is 1. The summed E-state index contributed by atoms with van der Waals surface area (Å²) in [5, 5.41) is 4.30. The van der Waals surface area contributed by atoms with E-state index in [0.717, 1.165) is 17.7 Å². The van der Waals surface area contributed by atoms with Crippen molar-refractivity contribution in [3.63, 3.8) is 0 Å². The molecule has 0 bridgehead atoms. The first-order valence-corrected chi connectivity index (χ1v) is 11.5. The van der Waals surface area contributed by atoms with Crippen molar-refractivity contribution in [2.45, 2.75) is 51.0 Å². The molecule has 174 valence electrons. The second-order valence-electron chi connectivity index (χ2n) is 8.88. The number of para-hydroxylation sites is 1. The third-order valence-corrected chi connectivity index (χ3v) is 6.74. The van der Waals surface area contributed by atoms with Crippen LogP contribution in [0.5, 0.6) is 0 Å². The lowest BCUT2D eigenvalue weighted by Gasteiger charge is -2.37. The number of amides is 2. The Morgan fingerprint density at radius 3 is 2.58 bits per heavy atom. The fraction of sp³-hybridized carbons (Fsp3) is 0.500. The summed E-state index contributed by atoms with van der Waals surface area (Å²) in [6.07, 6.45) is 2.22. The van der Waals surface area contributed by atoms with Gasteiger partial charge in [-0.25, -0.2) is 4.68 Å². The molecule has 9 heteroatoms. The number of hydrogen-bond acceptors (Lipinski definition) is 6. The van der Waals surface area contributed by atoms with Crippen molar-refractivity contribution < 1.29 is 19.1 Å². The van der Waals surface area contributed by atoms with E-state index >= 15 is 0 Å². The van der Waals surface area contributed by atoms with Gasteiger partial charge in [-0.3, -0.25) is 14.4 Å². The summed E-state index contributed by atoms with van der Waals surface area (Å²) in [4.78, 5) is 41.8. The maximum atomic E-state index is 13.2. The first kappa shape index (κ1) is 21.8. The molecule has 5 rings (SSSR count). The molecule has 0 saturated carbocycles. The van der Waals surface area contributed by atoms with Gasteiger partial charge in [0.25, 0.3) is 11.5 Å². The SMILES string of the molecule is C[C@@H]1Cc2ccccc2N1C(=O)c1ccc(=O)n(CCC(=O)N2CCC3(CC2)OCCO3)n1. The summed E-state index contributed by atoms with van der Waals surface area (Å²) in [5.74, 6) is -0.823. The maximum absolute atomic E-state index is 13.2. The van der Waals surface area contributed by atoms with Crippen LogP contribution < -0.4 is 10.5 Å². The highest BCUT2D eigenvalue weighted by molar-refractivity contribution is 6.06. The number of piperidine rings is 1. The van der Waals surface area contributed by atoms with Crippen LogP contribution in [0.4, 0.5) is 5.69 Å². The third-order valence-electron chi connectivity index (χ3n) is 6.74. The number of aromatic nitrogens is 2. The highest BCUT2D eigenvalue weighted by Gasteiger charge is 2.40. The zero-order valence-corrected chi connectivity index (χ0v) is 18.7. The third kappa shape index (κ3) is 4.18. The van der Waals surface area contributed by atoms with Crippen molar-refractivity contribution in [3.8, 4) is 0 Å². The molecule has 9 nitrogen and oxygen atoms in total. The van der Waals surface area contributed by atoms with Gasteiger partial charge in [-0.2, -0.15) is 5.10 Å². The molecule has 1 aromatic heterocycles. The van der Waals surface area contributed by atoms with Crippen LogP contribution in [0, 0.1) is 0 Å². The Morgan fingerprint density at radius 1 is 1.09 bits per heavy atom. The van der Waals surface area contributed by atoms with Crippen LogP contribution in [0.2, 0.25) is 0 Å². The van der Waals surface area contributed by atoms with Crippen molar-refractivity contribution in [2.75, 3.05) is 31.2 Å². The second-order valence-corrected chi connectivity index (χ2v) is 8.88. The average Bonchev–Trinajstić information content (AvgIpc) is 3.41. The molecule has 1 aromatic carbocycles. The molecule has 2 amide bonds. The Balaban J connectivity index is 1.24. The van der Waals surface area contributed by atoms with Gasteiger partial charge in [0.1, 0.15) is 5.69 Å². The van der Waals surface area contributed by atoms with Crippen LogP contribution in [0.1, 0.15) is 42.2 Å². The van der Waals surface area contributed by atoms with Gasteiger partial charge in [0.15, 0.2) is 5.79 Å². The second kappa shape index (κ2) is 8.72. The zero-order valence-electron chi connectivity index (χ0n) is 18.7. The summed E-state index contributed by atoms with van der Waals surface area (Å²) in [6, 6.07) is 10.6. The number of nitrogens with zero attached hydrogens (tertiary/aromatic N) is 4. The Bertz CT molecular complexity index is 1110. The molecular weight excluding hydrogens is 424 g/mol. The quantitative estimate of drug-likeness (QED) is 0.699. The average molecular weight is 453 g/mol. The highest BCUT2D eigenvalue weighted by atomic mass is 16.7. The largest absolute Gasteiger partial charge is 0.347 e. The van der Waals surface area contributed by atoms with E-state index in [1.807, 2.05) is 31.2 Å². The molecule has 2 aromatic rings. The van der Waals surface area contributed by atoms with E-state index in [2.05, 4.69) is 5.10 Å². The molecule has 3 aliphatic heterocycles. The zero-order chi connectivity index (χ0) is 23.0. The number of aryl methyl sites for hydroxylation is 1. The Morgan fingerprint density at radius 2 is 1.82 bits per heavy atom. The van der Waals surface area contributed by atoms with E-state index in [1.165, 1.54) is 16.8 Å². The standard InChI is InChI=1S/C24H28N4O5/c1-17-16-18-4-2-3-5-20(18)28(17)23(31)19-6-7-22(30)27(25-19)11-8-21(29)26-12-9-24(10-13-26)32-14-15-33-24/h2-7,17H,8-16H2,1H3/t17-/m1/s1. The van der Waals surface area contributed by atoms with Crippen molar-refractivity contribution in [3.05, 3.63) is 58.0 Å². The van der Waals surface area contributed by atoms with Gasteiger partial charge < -0.3 is 19.3 Å². The molecule has 0 aliphatic carbocycles. The molecule has 4 heterocycles. The molecule has 2 saturated heterocycles. The number of ether oxygens (including phenoxy) is 2. The van der Waals surface area contributed by atoms with Gasteiger partial charge in [0.05, 0.1) is 19.8 Å². The van der Waals surface area contributed by atoms with Crippen molar-refractivity contribution >= 4 is 17.5 Å². The van der Waals surface area contributed by atoms with Gasteiger partial charge in [0.2, 0.25) is 5.91 Å². The molecule has 0 unspecified atom stereocenters. The van der Waals surface area contributed by atoms with Crippen LogP contribution in [-0.4, -0.2) is 64.6 Å². The highest BCUT2D eigenvalue weighted by Crippen LogP contribution is 2.33. The Labute approximate surface area is 191 Å². The van der Waals surface area contributed by atoms with Crippen LogP contribution in [0.25, 0.3) is 0 Å². The predicted molar refractivity (Wildman–Crippen MR) is 120 cm³/mol. The molecule has 2 fully saturated rings. The van der Waals surface area contributed by atoms with E-state index in [4.69, 9.17) is 9.47 Å². The maximum Gasteiger partial charge on any atom is 0.278 e. The molecule has 0 N–H and O–H groups in total. The smallest absolute Gasteiger partial charge is 0.278 e. The van der Waals surface area contributed by atoms with Gasteiger partial charge in [0, 0.05) is 50.1 Å².